The zero-order valence-corrected chi connectivity index (χ0v) is 9.31. The zero-order valence-electron chi connectivity index (χ0n) is 9.31. The van der Waals surface area contributed by atoms with E-state index in [1.807, 2.05) is 37.3 Å². The maximum atomic E-state index is 8.77. The number of nitrogens with zero attached hydrogens (tertiary/aromatic N) is 3. The molecule has 3 nitrogen and oxygen atoms in total. The molecule has 0 heterocycles. The third kappa shape index (κ3) is 3.51. The van der Waals surface area contributed by atoms with Crippen LogP contribution in [-0.4, -0.2) is 5.54 Å². The van der Waals surface area contributed by atoms with Gasteiger partial charge in [0.1, 0.15) is 0 Å². The Morgan fingerprint density at radius 1 is 1.27 bits per heavy atom. The second-order valence-corrected chi connectivity index (χ2v) is 3.97. The Morgan fingerprint density at radius 3 is 2.40 bits per heavy atom. The van der Waals surface area contributed by atoms with Crippen molar-refractivity contribution in [1.29, 1.82) is 5.26 Å². The Hall–Kier alpha value is -1.69. The highest BCUT2D eigenvalue weighted by molar-refractivity contribution is 5.18. The molecule has 0 aliphatic carbocycles. The summed E-state index contributed by atoms with van der Waals surface area (Å²) in [5, 5.41) is 16.9. The van der Waals surface area contributed by atoms with Crippen LogP contribution in [-0.2, 0) is 0 Å². The van der Waals surface area contributed by atoms with Crippen LogP contribution in [0.3, 0.4) is 0 Å². The van der Waals surface area contributed by atoms with Crippen LogP contribution in [0.2, 0.25) is 0 Å². The molecule has 0 amide bonds. The normalized spacial score (nSPS) is 13.7. The number of benzene rings is 1. The van der Waals surface area contributed by atoms with Gasteiger partial charge in [0.25, 0.3) is 0 Å². The maximum Gasteiger partial charge on any atom is 0.161 e. The molecule has 0 saturated heterocycles. The van der Waals surface area contributed by atoms with Crippen LogP contribution in [0.4, 0.5) is 0 Å². The van der Waals surface area contributed by atoms with E-state index >= 15 is 0 Å². The second-order valence-electron chi connectivity index (χ2n) is 3.97. The van der Waals surface area contributed by atoms with Crippen molar-refractivity contribution < 1.29 is 0 Å². The monoisotopic (exact) mass is 201 g/mol. The first-order chi connectivity index (χ1) is 7.05. The predicted octanol–water partition coefficient (Wildman–Crippen LogP) is 3.50. The fraction of sp³-hybridized carbons (Fsp3) is 0.417. The number of hydrogen-bond donors (Lipinski definition) is 0. The van der Waals surface area contributed by atoms with E-state index < -0.39 is 5.54 Å². The summed E-state index contributed by atoms with van der Waals surface area (Å²) in [7, 11) is 0. The maximum absolute atomic E-state index is 8.77. The minimum Gasteiger partial charge on any atom is -0.196 e. The van der Waals surface area contributed by atoms with Crippen molar-refractivity contribution in [2.24, 2.45) is 10.2 Å². The van der Waals surface area contributed by atoms with E-state index in [0.717, 1.165) is 5.56 Å². The van der Waals surface area contributed by atoms with Gasteiger partial charge in [0.05, 0.1) is 12.1 Å². The zero-order chi connectivity index (χ0) is 11.3. The Bertz CT molecular complexity index is 374. The highest BCUT2D eigenvalue weighted by atomic mass is 15.2. The minimum absolute atomic E-state index is 0.00109. The Labute approximate surface area is 90.5 Å². The molecule has 3 heteroatoms. The summed E-state index contributed by atoms with van der Waals surface area (Å²) < 4.78 is 0. The standard InChI is InChI=1S/C12H15N3/c1-10(11-7-5-4-6-8-11)14-15-12(2,3)9-13/h4-8,10H,1-3H3. The number of rotatable bonds is 3. The molecule has 0 radical (unpaired) electrons. The van der Waals surface area contributed by atoms with Gasteiger partial charge in [0.2, 0.25) is 0 Å². The van der Waals surface area contributed by atoms with Crippen LogP contribution in [0.15, 0.2) is 40.6 Å². The van der Waals surface area contributed by atoms with Gasteiger partial charge in [0.15, 0.2) is 5.54 Å². The molecule has 0 aliphatic rings. The van der Waals surface area contributed by atoms with Gasteiger partial charge in [-0.25, -0.2) is 0 Å². The van der Waals surface area contributed by atoms with Gasteiger partial charge in [0, 0.05) is 0 Å². The lowest BCUT2D eigenvalue weighted by Crippen LogP contribution is -2.11. The van der Waals surface area contributed by atoms with E-state index in [9.17, 15) is 0 Å². The molecule has 0 aliphatic heterocycles. The van der Waals surface area contributed by atoms with Crippen LogP contribution in [0.1, 0.15) is 32.4 Å². The van der Waals surface area contributed by atoms with Gasteiger partial charge < -0.3 is 0 Å². The van der Waals surface area contributed by atoms with Crippen LogP contribution in [0.5, 0.6) is 0 Å². The van der Waals surface area contributed by atoms with Crippen molar-refractivity contribution in [3.8, 4) is 6.07 Å². The van der Waals surface area contributed by atoms with E-state index in [2.05, 4.69) is 16.3 Å². The molecule has 0 bridgehead atoms. The molecular formula is C12H15N3. The fourth-order valence-electron chi connectivity index (χ4n) is 1.05. The lowest BCUT2D eigenvalue weighted by Gasteiger charge is -2.09. The largest absolute Gasteiger partial charge is 0.196 e. The molecule has 0 fully saturated rings. The van der Waals surface area contributed by atoms with Crippen molar-refractivity contribution in [1.82, 2.24) is 0 Å². The molecule has 0 N–H and O–H groups in total. The molecule has 1 rings (SSSR count). The number of nitriles is 1. The second kappa shape index (κ2) is 4.70. The molecule has 0 spiro atoms. The SMILES string of the molecule is CC(N=NC(C)(C)C#N)c1ccccc1. The van der Waals surface area contributed by atoms with E-state index in [0.29, 0.717) is 0 Å². The first-order valence-electron chi connectivity index (χ1n) is 4.93. The van der Waals surface area contributed by atoms with Gasteiger partial charge >= 0.3 is 0 Å². The highest BCUT2D eigenvalue weighted by Gasteiger charge is 2.15. The quantitative estimate of drug-likeness (QED) is 0.690. The molecule has 78 valence electrons. The van der Waals surface area contributed by atoms with Gasteiger partial charge in [-0.05, 0) is 26.3 Å². The topological polar surface area (TPSA) is 48.5 Å². The molecule has 1 atom stereocenters. The van der Waals surface area contributed by atoms with Gasteiger partial charge in [-0.15, -0.1) is 0 Å². The van der Waals surface area contributed by atoms with Crippen LogP contribution in [0, 0.1) is 11.3 Å². The first kappa shape index (κ1) is 11.4. The smallest absolute Gasteiger partial charge is 0.161 e. The van der Waals surface area contributed by atoms with E-state index in [4.69, 9.17) is 5.26 Å². The average Bonchev–Trinajstić information content (AvgIpc) is 2.27. The van der Waals surface area contributed by atoms with Crippen LogP contribution >= 0.6 is 0 Å². The lowest BCUT2D eigenvalue weighted by molar-refractivity contribution is 0.584. The summed E-state index contributed by atoms with van der Waals surface area (Å²) in [5.74, 6) is 0. The number of hydrogen-bond acceptors (Lipinski definition) is 3. The minimum atomic E-state index is -0.733. The molecule has 1 aromatic carbocycles. The van der Waals surface area contributed by atoms with Crippen molar-refractivity contribution in [3.05, 3.63) is 35.9 Å². The average molecular weight is 201 g/mol. The first-order valence-corrected chi connectivity index (χ1v) is 4.93. The van der Waals surface area contributed by atoms with Gasteiger partial charge in [-0.2, -0.15) is 15.5 Å². The van der Waals surface area contributed by atoms with Crippen molar-refractivity contribution in [2.75, 3.05) is 0 Å². The van der Waals surface area contributed by atoms with E-state index in [1.54, 1.807) is 13.8 Å². The third-order valence-corrected chi connectivity index (χ3v) is 2.04. The molecule has 1 aromatic rings. The summed E-state index contributed by atoms with van der Waals surface area (Å²) in [6.45, 7) is 5.45. The molecule has 0 saturated carbocycles. The van der Waals surface area contributed by atoms with E-state index in [-0.39, 0.29) is 6.04 Å². The summed E-state index contributed by atoms with van der Waals surface area (Å²) in [6, 6.07) is 12.0. The highest BCUT2D eigenvalue weighted by Crippen LogP contribution is 2.18. The Balaban J connectivity index is 2.73. The Kier molecular flexibility index (Phi) is 3.56. The van der Waals surface area contributed by atoms with Crippen molar-refractivity contribution in [2.45, 2.75) is 32.4 Å². The molecule has 0 aromatic heterocycles. The van der Waals surface area contributed by atoms with Crippen molar-refractivity contribution in [3.63, 3.8) is 0 Å². The van der Waals surface area contributed by atoms with Crippen LogP contribution in [0.25, 0.3) is 0 Å². The summed E-state index contributed by atoms with van der Waals surface area (Å²) in [4.78, 5) is 0. The molecular weight excluding hydrogens is 186 g/mol. The predicted molar refractivity (Wildman–Crippen MR) is 59.4 cm³/mol. The van der Waals surface area contributed by atoms with Gasteiger partial charge in [-0.3, -0.25) is 0 Å². The summed E-state index contributed by atoms with van der Waals surface area (Å²) >= 11 is 0. The van der Waals surface area contributed by atoms with E-state index in [1.165, 1.54) is 0 Å². The van der Waals surface area contributed by atoms with Crippen molar-refractivity contribution >= 4 is 0 Å². The van der Waals surface area contributed by atoms with Gasteiger partial charge in [-0.1, -0.05) is 30.3 Å². The summed E-state index contributed by atoms with van der Waals surface area (Å²) in [5.41, 5.74) is 0.373. The van der Waals surface area contributed by atoms with Crippen LogP contribution < -0.4 is 0 Å². The molecule has 15 heavy (non-hydrogen) atoms. The molecule has 1 unspecified atom stereocenters. The summed E-state index contributed by atoms with van der Waals surface area (Å²) in [6.07, 6.45) is 0. The third-order valence-electron chi connectivity index (χ3n) is 2.04. The lowest BCUT2D eigenvalue weighted by atomic mass is 10.1. The number of azo groups is 1. The Morgan fingerprint density at radius 2 is 1.87 bits per heavy atom. The fourth-order valence-corrected chi connectivity index (χ4v) is 1.05.